The molecule has 0 aliphatic rings. The Kier molecular flexibility index (Phi) is 6.48. The molecule has 1 atom stereocenters. The van der Waals surface area contributed by atoms with Gasteiger partial charge in [-0.1, -0.05) is 91.5 Å². The molecule has 0 bridgehead atoms. The molecule has 4 aromatic rings. The molecule has 6 heteroatoms. The maximum atomic E-state index is 12.8. The third-order valence-electron chi connectivity index (χ3n) is 5.02. The summed E-state index contributed by atoms with van der Waals surface area (Å²) in [6, 6.07) is 26.1. The van der Waals surface area contributed by atoms with Crippen LogP contribution >= 0.6 is 11.8 Å². The van der Waals surface area contributed by atoms with Crippen molar-refractivity contribution in [2.45, 2.75) is 30.7 Å². The molecule has 0 fully saturated rings. The Morgan fingerprint density at radius 3 is 2.42 bits per heavy atom. The number of H-pyrrole nitrogens is 1. The van der Waals surface area contributed by atoms with Crippen LogP contribution in [0.3, 0.4) is 0 Å². The van der Waals surface area contributed by atoms with Crippen molar-refractivity contribution < 1.29 is 4.79 Å². The maximum Gasteiger partial charge on any atom is 0.237 e. The number of carbonyl (C=O) groups excluding carboxylic acids is 1. The smallest absolute Gasteiger partial charge is 0.237 e. The summed E-state index contributed by atoms with van der Waals surface area (Å²) < 4.78 is 0. The highest BCUT2D eigenvalue weighted by Gasteiger charge is 2.19. The Morgan fingerprint density at radius 1 is 0.968 bits per heavy atom. The number of nitrogens with zero attached hydrogens (tertiary/aromatic N) is 2. The van der Waals surface area contributed by atoms with Crippen LogP contribution in [0.2, 0.25) is 0 Å². The van der Waals surface area contributed by atoms with E-state index in [1.165, 1.54) is 17.3 Å². The third-order valence-corrected chi connectivity index (χ3v) is 5.98. The molecule has 2 N–H and O–H groups in total. The molecule has 3 aromatic carbocycles. The predicted molar refractivity (Wildman–Crippen MR) is 127 cm³/mol. The number of amides is 1. The van der Waals surface area contributed by atoms with E-state index in [2.05, 4.69) is 39.6 Å². The minimum Gasteiger partial charge on any atom is -0.325 e. The van der Waals surface area contributed by atoms with Crippen LogP contribution in [-0.2, 0) is 11.2 Å². The summed E-state index contributed by atoms with van der Waals surface area (Å²) in [4.78, 5) is 17.4. The van der Waals surface area contributed by atoms with Gasteiger partial charge in [-0.2, -0.15) is 0 Å². The summed E-state index contributed by atoms with van der Waals surface area (Å²) in [5.41, 5.74) is 5.10. The lowest BCUT2D eigenvalue weighted by atomic mass is 10.0. The van der Waals surface area contributed by atoms with Crippen molar-refractivity contribution in [3.63, 3.8) is 0 Å². The molecule has 0 saturated heterocycles. The Balaban J connectivity index is 1.44. The van der Waals surface area contributed by atoms with Crippen molar-refractivity contribution in [3.05, 3.63) is 84.4 Å². The van der Waals surface area contributed by atoms with Gasteiger partial charge in [-0.15, -0.1) is 5.10 Å². The number of carbonyl (C=O) groups is 1. The van der Waals surface area contributed by atoms with Gasteiger partial charge in [-0.05, 0) is 30.5 Å². The minimum atomic E-state index is -0.352. The summed E-state index contributed by atoms with van der Waals surface area (Å²) in [5, 5.41) is 10.5. The second-order valence-electron chi connectivity index (χ2n) is 7.18. The fraction of sp³-hybridized carbons (Fsp3) is 0.160. The number of nitrogens with one attached hydrogen (secondary N) is 2. The van der Waals surface area contributed by atoms with Gasteiger partial charge in [-0.3, -0.25) is 9.89 Å². The molecular weight excluding hydrogens is 404 g/mol. The summed E-state index contributed by atoms with van der Waals surface area (Å²) in [7, 11) is 0. The van der Waals surface area contributed by atoms with Crippen molar-refractivity contribution >= 4 is 23.4 Å². The molecule has 4 rings (SSSR count). The lowest BCUT2D eigenvalue weighted by molar-refractivity contribution is -0.115. The van der Waals surface area contributed by atoms with Crippen LogP contribution in [0.25, 0.3) is 22.5 Å². The summed E-state index contributed by atoms with van der Waals surface area (Å²) in [6.45, 7) is 3.99. The van der Waals surface area contributed by atoms with Crippen LogP contribution in [0.15, 0.2) is 84.0 Å². The Hall–Kier alpha value is -3.38. The zero-order valence-corrected chi connectivity index (χ0v) is 18.3. The Morgan fingerprint density at radius 2 is 1.68 bits per heavy atom. The predicted octanol–water partition coefficient (Wildman–Crippen LogP) is 5.82. The summed E-state index contributed by atoms with van der Waals surface area (Å²) in [5.74, 6) is 0.610. The molecule has 1 heterocycles. The zero-order chi connectivity index (χ0) is 21.6. The molecule has 156 valence electrons. The first kappa shape index (κ1) is 20.9. The number of para-hydroxylation sites is 1. The van der Waals surface area contributed by atoms with Gasteiger partial charge in [0.15, 0.2) is 5.82 Å². The molecule has 1 amide bonds. The lowest BCUT2D eigenvalue weighted by Crippen LogP contribution is -2.22. The number of hydrogen-bond acceptors (Lipinski definition) is 4. The van der Waals surface area contributed by atoms with Crippen LogP contribution in [0.5, 0.6) is 0 Å². The Bertz CT molecular complexity index is 1160. The molecule has 0 aliphatic heterocycles. The minimum absolute atomic E-state index is 0.0907. The second kappa shape index (κ2) is 9.62. The van der Waals surface area contributed by atoms with Crippen molar-refractivity contribution in [1.82, 2.24) is 15.2 Å². The number of aromatic amines is 1. The summed E-state index contributed by atoms with van der Waals surface area (Å²) in [6.07, 6.45) is 0.998. The quantitative estimate of drug-likeness (QED) is 0.364. The first-order valence-electron chi connectivity index (χ1n) is 10.3. The van der Waals surface area contributed by atoms with E-state index in [-0.39, 0.29) is 11.2 Å². The number of aryl methyl sites for hydroxylation is 1. The number of thioether (sulfide) groups is 1. The fourth-order valence-electron chi connectivity index (χ4n) is 3.23. The summed E-state index contributed by atoms with van der Waals surface area (Å²) >= 11 is 1.33. The second-order valence-corrected chi connectivity index (χ2v) is 8.49. The van der Waals surface area contributed by atoms with E-state index in [4.69, 9.17) is 0 Å². The lowest BCUT2D eigenvalue weighted by Gasteiger charge is -2.14. The zero-order valence-electron chi connectivity index (χ0n) is 17.5. The van der Waals surface area contributed by atoms with Gasteiger partial charge >= 0.3 is 0 Å². The molecule has 31 heavy (non-hydrogen) atoms. The van der Waals surface area contributed by atoms with Crippen molar-refractivity contribution in [2.24, 2.45) is 0 Å². The normalized spacial score (nSPS) is 11.8. The van der Waals surface area contributed by atoms with Gasteiger partial charge in [-0.25, -0.2) is 4.98 Å². The maximum absolute atomic E-state index is 12.8. The van der Waals surface area contributed by atoms with E-state index in [9.17, 15) is 4.79 Å². The van der Waals surface area contributed by atoms with Crippen LogP contribution in [0.1, 0.15) is 19.4 Å². The topological polar surface area (TPSA) is 70.7 Å². The van der Waals surface area contributed by atoms with Crippen molar-refractivity contribution in [1.29, 1.82) is 0 Å². The molecular formula is C25H24N4OS. The van der Waals surface area contributed by atoms with Gasteiger partial charge in [0.25, 0.3) is 0 Å². The van der Waals surface area contributed by atoms with Crippen LogP contribution in [0.4, 0.5) is 5.69 Å². The average molecular weight is 429 g/mol. The van der Waals surface area contributed by atoms with E-state index in [1.54, 1.807) is 0 Å². The largest absolute Gasteiger partial charge is 0.325 e. The number of aromatic nitrogens is 3. The molecule has 1 unspecified atom stereocenters. The highest BCUT2D eigenvalue weighted by Crippen LogP contribution is 2.29. The van der Waals surface area contributed by atoms with E-state index in [0.717, 1.165) is 28.8 Å². The van der Waals surface area contributed by atoms with Crippen molar-refractivity contribution in [2.75, 3.05) is 5.32 Å². The first-order chi connectivity index (χ1) is 15.1. The van der Waals surface area contributed by atoms with Gasteiger partial charge in [0, 0.05) is 16.8 Å². The molecule has 0 radical (unpaired) electrons. The average Bonchev–Trinajstić information content (AvgIpc) is 3.28. The highest BCUT2D eigenvalue weighted by atomic mass is 32.2. The van der Waals surface area contributed by atoms with E-state index in [1.807, 2.05) is 73.7 Å². The molecule has 1 aromatic heterocycles. The van der Waals surface area contributed by atoms with Gasteiger partial charge < -0.3 is 5.32 Å². The standard InChI is InChI=1S/C25H24N4OS/c1-3-18-13-15-20(16-14-18)23-27-25(29-28-23)31-17(2)24(30)26-22-12-8-7-11-21(22)19-9-5-4-6-10-19/h4-17H,3H2,1-2H3,(H,26,30)(H,27,28,29). The van der Waals surface area contributed by atoms with Crippen LogP contribution in [-0.4, -0.2) is 26.3 Å². The number of anilines is 1. The molecule has 0 aliphatic carbocycles. The molecule has 0 spiro atoms. The van der Waals surface area contributed by atoms with E-state index >= 15 is 0 Å². The SMILES string of the molecule is CCc1ccc(-c2nc(SC(C)C(=O)Nc3ccccc3-c3ccccc3)n[nH]2)cc1. The Labute approximate surface area is 186 Å². The first-order valence-corrected chi connectivity index (χ1v) is 11.2. The monoisotopic (exact) mass is 428 g/mol. The third kappa shape index (κ3) is 5.03. The number of benzene rings is 3. The van der Waals surface area contributed by atoms with Gasteiger partial charge in [0.1, 0.15) is 0 Å². The number of hydrogen-bond donors (Lipinski definition) is 2. The van der Waals surface area contributed by atoms with E-state index in [0.29, 0.717) is 11.0 Å². The fourth-order valence-corrected chi connectivity index (χ4v) is 3.96. The molecule has 5 nitrogen and oxygen atoms in total. The number of rotatable bonds is 7. The van der Waals surface area contributed by atoms with E-state index < -0.39 is 0 Å². The van der Waals surface area contributed by atoms with Gasteiger partial charge in [0.2, 0.25) is 11.1 Å². The van der Waals surface area contributed by atoms with Crippen LogP contribution in [0, 0.1) is 0 Å². The van der Waals surface area contributed by atoms with Gasteiger partial charge in [0.05, 0.1) is 5.25 Å². The molecule has 0 saturated carbocycles. The van der Waals surface area contributed by atoms with Crippen LogP contribution < -0.4 is 5.32 Å². The highest BCUT2D eigenvalue weighted by molar-refractivity contribution is 8.00. The van der Waals surface area contributed by atoms with Crippen molar-refractivity contribution in [3.8, 4) is 22.5 Å².